The van der Waals surface area contributed by atoms with Crippen molar-refractivity contribution in [2.24, 2.45) is 5.92 Å². The summed E-state index contributed by atoms with van der Waals surface area (Å²) in [7, 11) is 0. The Morgan fingerprint density at radius 2 is 1.86 bits per heavy atom. The molecule has 1 aliphatic rings. The van der Waals surface area contributed by atoms with E-state index in [-0.39, 0.29) is 11.1 Å². The molecule has 1 saturated carbocycles. The van der Waals surface area contributed by atoms with Gasteiger partial charge in [0.15, 0.2) is 0 Å². The lowest BCUT2D eigenvalue weighted by Crippen LogP contribution is -2.28. The summed E-state index contributed by atoms with van der Waals surface area (Å²) in [5.74, 6) is -1.34. The number of rotatable bonds is 5. The molecule has 1 aliphatic carbocycles. The standard InChI is InChI=1S/C14H16N2O5/c17-13(15-8-9-3-1-2-4-9)10-5-11(14(18)19)7-12(6-10)16(20)21/h5-7,9H,1-4,8H2,(H,15,17)(H,18,19). The normalized spacial score (nSPS) is 14.9. The second kappa shape index (κ2) is 6.34. The summed E-state index contributed by atoms with van der Waals surface area (Å²) in [6, 6.07) is 3.19. The number of hydrogen-bond acceptors (Lipinski definition) is 4. The highest BCUT2D eigenvalue weighted by Crippen LogP contribution is 2.24. The monoisotopic (exact) mass is 292 g/mol. The van der Waals surface area contributed by atoms with Crippen LogP contribution in [-0.2, 0) is 0 Å². The molecule has 0 atom stereocenters. The number of nitro benzene ring substituents is 1. The number of aromatic carboxylic acids is 1. The van der Waals surface area contributed by atoms with Crippen LogP contribution in [0.5, 0.6) is 0 Å². The maximum absolute atomic E-state index is 12.0. The summed E-state index contributed by atoms with van der Waals surface area (Å²) in [6.45, 7) is 0.518. The molecule has 0 bridgehead atoms. The predicted octanol–water partition coefficient (Wildman–Crippen LogP) is 2.21. The molecule has 1 aromatic rings. The van der Waals surface area contributed by atoms with E-state index in [2.05, 4.69) is 5.32 Å². The predicted molar refractivity (Wildman–Crippen MR) is 74.3 cm³/mol. The first-order valence-electron chi connectivity index (χ1n) is 6.78. The summed E-state index contributed by atoms with van der Waals surface area (Å²) in [5.41, 5.74) is -0.671. The van der Waals surface area contributed by atoms with Gasteiger partial charge in [-0.1, -0.05) is 12.8 Å². The van der Waals surface area contributed by atoms with Gasteiger partial charge in [-0.3, -0.25) is 14.9 Å². The second-order valence-electron chi connectivity index (χ2n) is 5.19. The number of benzene rings is 1. The number of non-ortho nitro benzene ring substituents is 1. The molecule has 0 aliphatic heterocycles. The van der Waals surface area contributed by atoms with Crippen LogP contribution in [0, 0.1) is 16.0 Å². The van der Waals surface area contributed by atoms with Crippen molar-refractivity contribution in [1.29, 1.82) is 0 Å². The number of nitrogens with zero attached hydrogens (tertiary/aromatic N) is 1. The second-order valence-corrected chi connectivity index (χ2v) is 5.19. The van der Waals surface area contributed by atoms with Crippen molar-refractivity contribution in [2.45, 2.75) is 25.7 Å². The van der Waals surface area contributed by atoms with E-state index in [9.17, 15) is 19.7 Å². The Hall–Kier alpha value is -2.44. The summed E-state index contributed by atoms with van der Waals surface area (Å²) in [4.78, 5) is 33.1. The van der Waals surface area contributed by atoms with Gasteiger partial charge in [-0.05, 0) is 24.8 Å². The van der Waals surface area contributed by atoms with Gasteiger partial charge in [0.25, 0.3) is 11.6 Å². The Morgan fingerprint density at radius 3 is 2.43 bits per heavy atom. The lowest BCUT2D eigenvalue weighted by atomic mass is 10.1. The molecule has 1 fully saturated rings. The van der Waals surface area contributed by atoms with E-state index in [0.29, 0.717) is 12.5 Å². The molecule has 1 aromatic carbocycles. The summed E-state index contributed by atoms with van der Waals surface area (Å²) < 4.78 is 0. The molecule has 112 valence electrons. The number of carbonyl (C=O) groups is 2. The molecule has 2 N–H and O–H groups in total. The molecule has 0 spiro atoms. The molecular weight excluding hydrogens is 276 g/mol. The fourth-order valence-corrected chi connectivity index (χ4v) is 2.52. The molecular formula is C14H16N2O5. The number of nitro groups is 1. The first-order valence-corrected chi connectivity index (χ1v) is 6.78. The third-order valence-electron chi connectivity index (χ3n) is 3.66. The quantitative estimate of drug-likeness (QED) is 0.638. The van der Waals surface area contributed by atoms with Crippen molar-refractivity contribution in [3.63, 3.8) is 0 Å². The highest BCUT2D eigenvalue weighted by Gasteiger charge is 2.19. The van der Waals surface area contributed by atoms with Gasteiger partial charge in [0.1, 0.15) is 0 Å². The van der Waals surface area contributed by atoms with Crippen LogP contribution in [0.25, 0.3) is 0 Å². The zero-order valence-electron chi connectivity index (χ0n) is 11.4. The lowest BCUT2D eigenvalue weighted by molar-refractivity contribution is -0.384. The van der Waals surface area contributed by atoms with Crippen molar-refractivity contribution >= 4 is 17.6 Å². The minimum atomic E-state index is -1.30. The third kappa shape index (κ3) is 3.77. The van der Waals surface area contributed by atoms with E-state index >= 15 is 0 Å². The number of hydrogen-bond donors (Lipinski definition) is 2. The van der Waals surface area contributed by atoms with Crippen LogP contribution in [0.1, 0.15) is 46.4 Å². The number of amides is 1. The molecule has 0 radical (unpaired) electrons. The van der Waals surface area contributed by atoms with Crippen LogP contribution in [0.2, 0.25) is 0 Å². The number of carboxylic acids is 1. The Morgan fingerprint density at radius 1 is 1.24 bits per heavy atom. The fourth-order valence-electron chi connectivity index (χ4n) is 2.52. The molecule has 7 heteroatoms. The zero-order valence-corrected chi connectivity index (χ0v) is 11.4. The molecule has 21 heavy (non-hydrogen) atoms. The smallest absolute Gasteiger partial charge is 0.335 e. The van der Waals surface area contributed by atoms with Crippen molar-refractivity contribution in [3.05, 3.63) is 39.4 Å². The minimum absolute atomic E-state index is 0.000373. The van der Waals surface area contributed by atoms with E-state index in [1.807, 2.05) is 0 Å². The van der Waals surface area contributed by atoms with E-state index in [0.717, 1.165) is 43.9 Å². The number of nitrogens with one attached hydrogen (secondary N) is 1. The van der Waals surface area contributed by atoms with Crippen molar-refractivity contribution in [1.82, 2.24) is 5.32 Å². The molecule has 0 heterocycles. The third-order valence-corrected chi connectivity index (χ3v) is 3.66. The van der Waals surface area contributed by atoms with Crippen LogP contribution in [0.15, 0.2) is 18.2 Å². The van der Waals surface area contributed by atoms with Gasteiger partial charge in [0.05, 0.1) is 10.5 Å². The average molecular weight is 292 g/mol. The van der Waals surface area contributed by atoms with Gasteiger partial charge in [-0.2, -0.15) is 0 Å². The minimum Gasteiger partial charge on any atom is -0.478 e. The highest BCUT2D eigenvalue weighted by atomic mass is 16.6. The molecule has 1 amide bonds. The molecule has 0 saturated heterocycles. The number of carboxylic acid groups (broad SMARTS) is 1. The Kier molecular flexibility index (Phi) is 4.52. The first kappa shape index (κ1) is 15.0. The van der Waals surface area contributed by atoms with Crippen molar-refractivity contribution in [2.75, 3.05) is 6.54 Å². The topological polar surface area (TPSA) is 110 Å². The Bertz CT molecular complexity index is 546. The summed E-state index contributed by atoms with van der Waals surface area (Å²) in [5, 5.41) is 22.5. The highest BCUT2D eigenvalue weighted by molar-refractivity contribution is 5.98. The lowest BCUT2D eigenvalue weighted by Gasteiger charge is -2.10. The largest absolute Gasteiger partial charge is 0.478 e. The fraction of sp³-hybridized carbons (Fsp3) is 0.429. The summed E-state index contributed by atoms with van der Waals surface area (Å²) in [6.07, 6.45) is 4.44. The van der Waals surface area contributed by atoms with Gasteiger partial charge in [-0.25, -0.2) is 4.79 Å². The summed E-state index contributed by atoms with van der Waals surface area (Å²) >= 11 is 0. The molecule has 2 rings (SSSR count). The van der Waals surface area contributed by atoms with E-state index < -0.39 is 22.5 Å². The van der Waals surface area contributed by atoms with Gasteiger partial charge < -0.3 is 10.4 Å². The first-order chi connectivity index (χ1) is 9.97. The van der Waals surface area contributed by atoms with Crippen molar-refractivity contribution < 1.29 is 19.6 Å². The van der Waals surface area contributed by atoms with Gasteiger partial charge in [0.2, 0.25) is 0 Å². The number of carbonyl (C=O) groups excluding carboxylic acids is 1. The van der Waals surface area contributed by atoms with E-state index in [1.54, 1.807) is 0 Å². The maximum atomic E-state index is 12.0. The van der Waals surface area contributed by atoms with Gasteiger partial charge >= 0.3 is 5.97 Å². The van der Waals surface area contributed by atoms with Gasteiger partial charge in [0, 0.05) is 24.2 Å². The van der Waals surface area contributed by atoms with Crippen molar-refractivity contribution in [3.8, 4) is 0 Å². The molecule has 0 aromatic heterocycles. The Labute approximate surface area is 121 Å². The van der Waals surface area contributed by atoms with E-state index in [4.69, 9.17) is 5.11 Å². The van der Waals surface area contributed by atoms with Crippen LogP contribution >= 0.6 is 0 Å². The van der Waals surface area contributed by atoms with E-state index in [1.165, 1.54) is 0 Å². The van der Waals surface area contributed by atoms with Crippen LogP contribution in [-0.4, -0.2) is 28.5 Å². The van der Waals surface area contributed by atoms with Crippen LogP contribution in [0.3, 0.4) is 0 Å². The van der Waals surface area contributed by atoms with Crippen LogP contribution in [0.4, 0.5) is 5.69 Å². The molecule has 0 unspecified atom stereocenters. The maximum Gasteiger partial charge on any atom is 0.335 e. The molecule has 7 nitrogen and oxygen atoms in total. The zero-order chi connectivity index (χ0) is 15.4. The average Bonchev–Trinajstić information content (AvgIpc) is 2.97. The van der Waals surface area contributed by atoms with Gasteiger partial charge in [-0.15, -0.1) is 0 Å². The van der Waals surface area contributed by atoms with Crippen LogP contribution < -0.4 is 5.32 Å². The SMILES string of the molecule is O=C(O)c1cc(C(=O)NCC2CCCC2)cc([N+](=O)[O-])c1. The Balaban J connectivity index is 2.14.